The second-order valence-electron chi connectivity index (χ2n) is 5.94. The van der Waals surface area contributed by atoms with Crippen molar-refractivity contribution in [1.29, 1.82) is 0 Å². The van der Waals surface area contributed by atoms with Crippen molar-refractivity contribution in [2.24, 2.45) is 5.92 Å². The number of nitrogens with one attached hydrogen (secondary N) is 1. The van der Waals surface area contributed by atoms with Crippen LogP contribution in [0.25, 0.3) is 0 Å². The lowest BCUT2D eigenvalue weighted by molar-refractivity contribution is 0.0995. The van der Waals surface area contributed by atoms with Crippen LogP contribution in [0, 0.1) is 11.7 Å². The van der Waals surface area contributed by atoms with Crippen LogP contribution in [0.3, 0.4) is 0 Å². The molecule has 4 heteroatoms. The SMILES string of the molecule is OC1CCCC(CNC2CCSc3c(F)cccc32)C1. The van der Waals surface area contributed by atoms with Crippen molar-refractivity contribution in [3.63, 3.8) is 0 Å². The van der Waals surface area contributed by atoms with E-state index in [0.29, 0.717) is 5.92 Å². The number of halogens is 1. The second kappa shape index (κ2) is 6.46. The molecule has 3 rings (SSSR count). The van der Waals surface area contributed by atoms with Gasteiger partial charge in [-0.2, -0.15) is 0 Å². The Morgan fingerprint density at radius 1 is 1.30 bits per heavy atom. The van der Waals surface area contributed by atoms with E-state index in [2.05, 4.69) is 5.32 Å². The fraction of sp³-hybridized carbons (Fsp3) is 0.625. The summed E-state index contributed by atoms with van der Waals surface area (Å²) in [5, 5.41) is 13.3. The molecule has 0 saturated heterocycles. The number of thioether (sulfide) groups is 1. The second-order valence-corrected chi connectivity index (χ2v) is 7.05. The Bertz CT molecular complexity index is 468. The van der Waals surface area contributed by atoms with E-state index in [1.54, 1.807) is 23.9 Å². The van der Waals surface area contributed by atoms with Gasteiger partial charge in [0.1, 0.15) is 5.82 Å². The number of hydrogen-bond donors (Lipinski definition) is 2. The quantitative estimate of drug-likeness (QED) is 0.895. The molecule has 1 aromatic carbocycles. The highest BCUT2D eigenvalue weighted by Gasteiger charge is 2.25. The minimum Gasteiger partial charge on any atom is -0.393 e. The third-order valence-corrected chi connectivity index (χ3v) is 5.59. The molecule has 1 aromatic rings. The summed E-state index contributed by atoms with van der Waals surface area (Å²) < 4.78 is 13.8. The molecule has 0 aromatic heterocycles. The van der Waals surface area contributed by atoms with Gasteiger partial charge in [0.15, 0.2) is 0 Å². The summed E-state index contributed by atoms with van der Waals surface area (Å²) >= 11 is 1.63. The minimum absolute atomic E-state index is 0.0907. The Morgan fingerprint density at radius 2 is 2.20 bits per heavy atom. The lowest BCUT2D eigenvalue weighted by atomic mass is 9.87. The highest BCUT2D eigenvalue weighted by atomic mass is 32.2. The fourth-order valence-corrected chi connectivity index (χ4v) is 4.50. The Kier molecular flexibility index (Phi) is 4.64. The zero-order valence-electron chi connectivity index (χ0n) is 11.6. The van der Waals surface area contributed by atoms with Crippen molar-refractivity contribution in [3.8, 4) is 0 Å². The zero-order valence-corrected chi connectivity index (χ0v) is 12.5. The molecule has 1 heterocycles. The van der Waals surface area contributed by atoms with E-state index in [0.717, 1.165) is 48.4 Å². The third kappa shape index (κ3) is 3.18. The lowest BCUT2D eigenvalue weighted by Gasteiger charge is -2.30. The van der Waals surface area contributed by atoms with Gasteiger partial charge in [-0.3, -0.25) is 0 Å². The van der Waals surface area contributed by atoms with Crippen molar-refractivity contribution in [2.45, 2.75) is 49.1 Å². The molecule has 1 aliphatic heterocycles. The van der Waals surface area contributed by atoms with Crippen molar-refractivity contribution in [3.05, 3.63) is 29.6 Å². The number of aliphatic hydroxyl groups is 1. The van der Waals surface area contributed by atoms with E-state index in [9.17, 15) is 9.50 Å². The lowest BCUT2D eigenvalue weighted by Crippen LogP contribution is -2.33. The molecule has 20 heavy (non-hydrogen) atoms. The van der Waals surface area contributed by atoms with Crippen LogP contribution in [0.4, 0.5) is 4.39 Å². The maximum Gasteiger partial charge on any atom is 0.137 e. The summed E-state index contributed by atoms with van der Waals surface area (Å²) in [7, 11) is 0. The highest BCUT2D eigenvalue weighted by molar-refractivity contribution is 7.99. The molecule has 0 radical (unpaired) electrons. The molecule has 0 amide bonds. The van der Waals surface area contributed by atoms with Gasteiger partial charge in [0.25, 0.3) is 0 Å². The Labute approximate surface area is 124 Å². The molecular formula is C16H22FNOS. The van der Waals surface area contributed by atoms with Crippen molar-refractivity contribution >= 4 is 11.8 Å². The first-order valence-corrected chi connectivity index (χ1v) is 8.55. The van der Waals surface area contributed by atoms with Gasteiger partial charge in [-0.15, -0.1) is 11.8 Å². The molecule has 2 N–H and O–H groups in total. The Morgan fingerprint density at radius 3 is 3.05 bits per heavy atom. The molecular weight excluding hydrogens is 273 g/mol. The predicted molar refractivity (Wildman–Crippen MR) is 80.4 cm³/mol. The topological polar surface area (TPSA) is 32.3 Å². The van der Waals surface area contributed by atoms with E-state index < -0.39 is 0 Å². The van der Waals surface area contributed by atoms with Crippen molar-refractivity contribution < 1.29 is 9.50 Å². The Balaban J connectivity index is 1.63. The maximum atomic E-state index is 13.8. The fourth-order valence-electron chi connectivity index (χ4n) is 3.36. The van der Waals surface area contributed by atoms with Crippen molar-refractivity contribution in [1.82, 2.24) is 5.32 Å². The summed E-state index contributed by atoms with van der Waals surface area (Å²) in [5.74, 6) is 1.44. The first-order chi connectivity index (χ1) is 9.74. The Hall–Kier alpha value is -0.580. The summed E-state index contributed by atoms with van der Waals surface area (Å²) in [4.78, 5) is 0.819. The van der Waals surface area contributed by atoms with Gasteiger partial charge in [-0.25, -0.2) is 4.39 Å². The molecule has 3 atom stereocenters. The predicted octanol–water partition coefficient (Wildman–Crippen LogP) is 3.50. The number of fused-ring (bicyclic) bond motifs is 1. The van der Waals surface area contributed by atoms with Gasteiger partial charge in [0.05, 0.1) is 6.10 Å². The molecule has 2 aliphatic rings. The average Bonchev–Trinajstić information content (AvgIpc) is 2.46. The van der Waals surface area contributed by atoms with Crippen LogP contribution in [-0.2, 0) is 0 Å². The van der Waals surface area contributed by atoms with Gasteiger partial charge in [-0.1, -0.05) is 18.6 Å². The minimum atomic E-state index is -0.123. The van der Waals surface area contributed by atoms with Crippen LogP contribution in [0.2, 0.25) is 0 Å². The van der Waals surface area contributed by atoms with Gasteiger partial charge in [0.2, 0.25) is 0 Å². The van der Waals surface area contributed by atoms with Crippen LogP contribution in [0.15, 0.2) is 23.1 Å². The van der Waals surface area contributed by atoms with Crippen LogP contribution in [0.5, 0.6) is 0 Å². The molecule has 1 saturated carbocycles. The molecule has 0 spiro atoms. The monoisotopic (exact) mass is 295 g/mol. The smallest absolute Gasteiger partial charge is 0.137 e. The van der Waals surface area contributed by atoms with Gasteiger partial charge >= 0.3 is 0 Å². The molecule has 2 nitrogen and oxygen atoms in total. The van der Waals surface area contributed by atoms with Crippen LogP contribution < -0.4 is 5.32 Å². The van der Waals surface area contributed by atoms with E-state index >= 15 is 0 Å². The summed E-state index contributed by atoms with van der Waals surface area (Å²) in [5.41, 5.74) is 1.11. The number of benzene rings is 1. The van der Waals surface area contributed by atoms with E-state index in [1.165, 1.54) is 6.42 Å². The summed E-state index contributed by atoms with van der Waals surface area (Å²) in [6.07, 6.45) is 5.11. The largest absolute Gasteiger partial charge is 0.393 e. The summed E-state index contributed by atoms with van der Waals surface area (Å²) in [6.45, 7) is 0.933. The van der Waals surface area contributed by atoms with Gasteiger partial charge < -0.3 is 10.4 Å². The zero-order chi connectivity index (χ0) is 13.9. The van der Waals surface area contributed by atoms with E-state index in [4.69, 9.17) is 0 Å². The highest BCUT2D eigenvalue weighted by Crippen LogP contribution is 2.38. The first-order valence-electron chi connectivity index (χ1n) is 7.56. The maximum absolute atomic E-state index is 13.8. The number of hydrogen-bond acceptors (Lipinski definition) is 3. The van der Waals surface area contributed by atoms with E-state index in [1.807, 2.05) is 6.07 Å². The van der Waals surface area contributed by atoms with Crippen molar-refractivity contribution in [2.75, 3.05) is 12.3 Å². The standard InChI is InChI=1S/C16H22FNOS/c17-14-6-2-5-13-15(7-8-20-16(13)14)18-10-11-3-1-4-12(19)9-11/h2,5-6,11-12,15,18-19H,1,3-4,7-10H2. The third-order valence-electron chi connectivity index (χ3n) is 4.43. The average molecular weight is 295 g/mol. The normalized spacial score (nSPS) is 30.0. The van der Waals surface area contributed by atoms with Gasteiger partial charge in [-0.05, 0) is 55.5 Å². The molecule has 0 bridgehead atoms. The van der Waals surface area contributed by atoms with Crippen LogP contribution >= 0.6 is 11.8 Å². The van der Waals surface area contributed by atoms with Crippen LogP contribution in [0.1, 0.15) is 43.7 Å². The summed E-state index contributed by atoms with van der Waals surface area (Å²) in [6, 6.07) is 5.66. The van der Waals surface area contributed by atoms with Gasteiger partial charge in [0, 0.05) is 10.9 Å². The first kappa shape index (κ1) is 14.4. The van der Waals surface area contributed by atoms with E-state index in [-0.39, 0.29) is 18.0 Å². The number of aliphatic hydroxyl groups excluding tert-OH is 1. The number of rotatable bonds is 3. The molecule has 1 aliphatic carbocycles. The molecule has 110 valence electrons. The van der Waals surface area contributed by atoms with Crippen LogP contribution in [-0.4, -0.2) is 23.5 Å². The molecule has 3 unspecified atom stereocenters. The molecule has 1 fully saturated rings.